The smallest absolute Gasteiger partial charge is 0.184 e. The SMILES string of the molecule is CC(C)CC(N=[N+]=[N-])O[Si](C)(C)C. The van der Waals surface area contributed by atoms with Gasteiger partial charge in [0.25, 0.3) is 0 Å². The van der Waals surface area contributed by atoms with Gasteiger partial charge in [0.05, 0.1) is 0 Å². The molecule has 0 rings (SSSR count). The van der Waals surface area contributed by atoms with Crippen LogP contribution in [0.15, 0.2) is 5.11 Å². The minimum Gasteiger partial charge on any atom is -0.409 e. The molecular formula is C8H19N3OSi. The average Bonchev–Trinajstić information content (AvgIpc) is 1.81. The lowest BCUT2D eigenvalue weighted by molar-refractivity contribution is 0.174. The molecule has 76 valence electrons. The highest BCUT2D eigenvalue weighted by molar-refractivity contribution is 6.69. The second-order valence-electron chi connectivity index (χ2n) is 4.52. The van der Waals surface area contributed by atoms with E-state index < -0.39 is 8.32 Å². The minimum atomic E-state index is -1.59. The zero-order valence-corrected chi connectivity index (χ0v) is 10.1. The molecule has 0 aliphatic carbocycles. The maximum Gasteiger partial charge on any atom is 0.184 e. The summed E-state index contributed by atoms with van der Waals surface area (Å²) in [5, 5.41) is 3.64. The van der Waals surface area contributed by atoms with Crippen molar-refractivity contribution in [2.75, 3.05) is 0 Å². The van der Waals surface area contributed by atoms with E-state index in [4.69, 9.17) is 9.96 Å². The number of azide groups is 1. The van der Waals surface area contributed by atoms with Crippen molar-refractivity contribution in [2.45, 2.75) is 46.1 Å². The van der Waals surface area contributed by atoms with E-state index in [2.05, 4.69) is 43.5 Å². The normalized spacial score (nSPS) is 14.0. The van der Waals surface area contributed by atoms with Gasteiger partial charge in [-0.25, -0.2) is 0 Å². The molecule has 0 radical (unpaired) electrons. The van der Waals surface area contributed by atoms with Crippen LogP contribution in [0.4, 0.5) is 0 Å². The Balaban J connectivity index is 4.18. The summed E-state index contributed by atoms with van der Waals surface area (Å²) < 4.78 is 5.71. The van der Waals surface area contributed by atoms with E-state index in [0.29, 0.717) is 5.92 Å². The number of nitrogens with zero attached hydrogens (tertiary/aromatic N) is 3. The molecule has 0 heterocycles. The monoisotopic (exact) mass is 201 g/mol. The molecule has 1 atom stereocenters. The summed E-state index contributed by atoms with van der Waals surface area (Å²) in [7, 11) is -1.59. The molecule has 0 amide bonds. The third-order valence-electron chi connectivity index (χ3n) is 1.34. The van der Waals surface area contributed by atoms with Gasteiger partial charge in [0.15, 0.2) is 8.32 Å². The number of hydrogen-bond acceptors (Lipinski definition) is 2. The highest BCUT2D eigenvalue weighted by Crippen LogP contribution is 2.15. The van der Waals surface area contributed by atoms with Crippen molar-refractivity contribution in [1.82, 2.24) is 0 Å². The molecule has 0 aromatic rings. The molecule has 0 fully saturated rings. The molecule has 13 heavy (non-hydrogen) atoms. The van der Waals surface area contributed by atoms with Crippen LogP contribution in [-0.2, 0) is 4.43 Å². The van der Waals surface area contributed by atoms with Crippen molar-refractivity contribution in [2.24, 2.45) is 11.0 Å². The maximum atomic E-state index is 8.34. The van der Waals surface area contributed by atoms with E-state index in [1.807, 2.05) is 0 Å². The average molecular weight is 201 g/mol. The predicted molar refractivity (Wildman–Crippen MR) is 56.8 cm³/mol. The van der Waals surface area contributed by atoms with Gasteiger partial charge in [0.2, 0.25) is 0 Å². The Morgan fingerprint density at radius 1 is 1.38 bits per heavy atom. The van der Waals surface area contributed by atoms with Crippen LogP contribution in [0.25, 0.3) is 10.4 Å². The van der Waals surface area contributed by atoms with Crippen LogP contribution in [0.3, 0.4) is 0 Å². The fourth-order valence-corrected chi connectivity index (χ4v) is 1.95. The van der Waals surface area contributed by atoms with Crippen LogP contribution in [0.1, 0.15) is 20.3 Å². The van der Waals surface area contributed by atoms with Crippen molar-refractivity contribution < 1.29 is 4.43 Å². The van der Waals surface area contributed by atoms with Gasteiger partial charge >= 0.3 is 0 Å². The van der Waals surface area contributed by atoms with Gasteiger partial charge in [-0.2, -0.15) is 0 Å². The predicted octanol–water partition coefficient (Wildman–Crippen LogP) is 3.52. The first-order valence-corrected chi connectivity index (χ1v) is 7.98. The molecule has 0 spiro atoms. The van der Waals surface area contributed by atoms with Crippen molar-refractivity contribution in [3.8, 4) is 0 Å². The highest BCUT2D eigenvalue weighted by Gasteiger charge is 2.20. The van der Waals surface area contributed by atoms with Crippen molar-refractivity contribution in [3.05, 3.63) is 10.4 Å². The van der Waals surface area contributed by atoms with Crippen molar-refractivity contribution in [1.29, 1.82) is 0 Å². The first-order valence-electron chi connectivity index (χ1n) is 4.57. The zero-order chi connectivity index (χ0) is 10.5. The first kappa shape index (κ1) is 12.5. The molecule has 0 N–H and O–H groups in total. The molecule has 0 saturated carbocycles. The van der Waals surface area contributed by atoms with Crippen molar-refractivity contribution in [3.63, 3.8) is 0 Å². The van der Waals surface area contributed by atoms with Crippen LogP contribution < -0.4 is 0 Å². The molecule has 1 unspecified atom stereocenters. The molecular weight excluding hydrogens is 182 g/mol. The minimum absolute atomic E-state index is 0.281. The molecule has 5 heteroatoms. The third kappa shape index (κ3) is 7.84. The van der Waals surface area contributed by atoms with Crippen LogP contribution >= 0.6 is 0 Å². The van der Waals surface area contributed by atoms with Gasteiger partial charge in [-0.1, -0.05) is 19.0 Å². The largest absolute Gasteiger partial charge is 0.409 e. The Morgan fingerprint density at radius 2 is 1.92 bits per heavy atom. The Kier molecular flexibility index (Phi) is 5.06. The van der Waals surface area contributed by atoms with Gasteiger partial charge in [-0.05, 0) is 37.5 Å². The van der Waals surface area contributed by atoms with E-state index in [1.54, 1.807) is 0 Å². The van der Waals surface area contributed by atoms with E-state index in [0.717, 1.165) is 6.42 Å². The lowest BCUT2D eigenvalue weighted by atomic mass is 10.1. The van der Waals surface area contributed by atoms with Gasteiger partial charge in [-0.15, -0.1) is 0 Å². The molecule has 0 aliphatic rings. The highest BCUT2D eigenvalue weighted by atomic mass is 28.4. The fraction of sp³-hybridized carbons (Fsp3) is 1.00. The molecule has 0 saturated heterocycles. The Bertz CT molecular complexity index is 194. The summed E-state index contributed by atoms with van der Waals surface area (Å²) in [6.45, 7) is 10.5. The quantitative estimate of drug-likeness (QED) is 0.290. The number of hydrogen-bond donors (Lipinski definition) is 0. The van der Waals surface area contributed by atoms with Gasteiger partial charge in [-0.3, -0.25) is 0 Å². The summed E-state index contributed by atoms with van der Waals surface area (Å²) in [5.41, 5.74) is 8.34. The lowest BCUT2D eigenvalue weighted by Gasteiger charge is -2.23. The van der Waals surface area contributed by atoms with Crippen LogP contribution in [0.2, 0.25) is 19.6 Å². The summed E-state index contributed by atoms with van der Waals surface area (Å²) >= 11 is 0. The molecule has 0 bridgehead atoms. The lowest BCUT2D eigenvalue weighted by Crippen LogP contribution is -2.31. The van der Waals surface area contributed by atoms with Crippen LogP contribution in [-0.4, -0.2) is 14.5 Å². The first-order chi connectivity index (χ1) is 5.85. The Labute approximate surface area is 81.0 Å². The Hall–Kier alpha value is -0.513. The van der Waals surface area contributed by atoms with E-state index in [-0.39, 0.29) is 6.23 Å². The third-order valence-corrected chi connectivity index (χ3v) is 2.32. The standard InChI is InChI=1S/C8H19N3OSi/c1-7(2)6-8(10-11-9)12-13(3,4)5/h7-8H,6H2,1-5H3. The maximum absolute atomic E-state index is 8.34. The van der Waals surface area contributed by atoms with E-state index >= 15 is 0 Å². The van der Waals surface area contributed by atoms with Gasteiger partial charge in [0, 0.05) is 4.91 Å². The van der Waals surface area contributed by atoms with E-state index in [1.165, 1.54) is 0 Å². The molecule has 4 nitrogen and oxygen atoms in total. The molecule has 0 aromatic carbocycles. The second-order valence-corrected chi connectivity index (χ2v) is 8.98. The summed E-state index contributed by atoms with van der Waals surface area (Å²) in [6.07, 6.45) is 0.519. The fourth-order valence-electron chi connectivity index (χ4n) is 0.988. The van der Waals surface area contributed by atoms with Crippen LogP contribution in [0, 0.1) is 5.92 Å². The number of rotatable bonds is 5. The van der Waals surface area contributed by atoms with Crippen LogP contribution in [0.5, 0.6) is 0 Å². The van der Waals surface area contributed by atoms with E-state index in [9.17, 15) is 0 Å². The topological polar surface area (TPSA) is 58.0 Å². The Morgan fingerprint density at radius 3 is 2.23 bits per heavy atom. The molecule has 0 aliphatic heterocycles. The molecule has 0 aromatic heterocycles. The summed E-state index contributed by atoms with van der Waals surface area (Å²) in [6, 6.07) is 0. The zero-order valence-electron chi connectivity index (χ0n) is 9.11. The van der Waals surface area contributed by atoms with Crippen molar-refractivity contribution >= 4 is 8.32 Å². The summed E-state index contributed by atoms with van der Waals surface area (Å²) in [5.74, 6) is 0.492. The van der Waals surface area contributed by atoms with Gasteiger partial charge < -0.3 is 4.43 Å². The second kappa shape index (κ2) is 5.27. The summed E-state index contributed by atoms with van der Waals surface area (Å²) in [4.78, 5) is 2.80. The van der Waals surface area contributed by atoms with Gasteiger partial charge in [0.1, 0.15) is 6.23 Å².